The van der Waals surface area contributed by atoms with Crippen molar-refractivity contribution in [3.05, 3.63) is 71.9 Å². The molecule has 0 saturated carbocycles. The van der Waals surface area contributed by atoms with Gasteiger partial charge >= 0.3 is 0 Å². The third-order valence-electron chi connectivity index (χ3n) is 3.47. The molecule has 0 amide bonds. The average Bonchev–Trinajstić information content (AvgIpc) is 3.21. The van der Waals surface area contributed by atoms with Crippen molar-refractivity contribution in [2.24, 2.45) is 0 Å². The maximum atomic E-state index is 5.27. The Labute approximate surface area is 130 Å². The summed E-state index contributed by atoms with van der Waals surface area (Å²) in [5, 5.41) is 11.6. The Bertz CT molecular complexity index is 661. The van der Waals surface area contributed by atoms with Crippen molar-refractivity contribution < 1.29 is 4.42 Å². The molecule has 0 aliphatic rings. The molecule has 22 heavy (non-hydrogen) atoms. The SMILES string of the molecule is c1ccc(CCCn2cc(CNCc3ccco3)nn2)cc1. The standard InChI is InChI=1S/C17H20N4O/c1-2-6-15(7-3-1)8-4-10-21-14-16(19-20-21)12-18-13-17-9-5-11-22-17/h1-3,5-7,9,11,14,18H,4,8,10,12-13H2. The van der Waals surface area contributed by atoms with Gasteiger partial charge in [-0.15, -0.1) is 5.10 Å². The number of benzene rings is 1. The zero-order chi connectivity index (χ0) is 15.0. The third-order valence-corrected chi connectivity index (χ3v) is 3.47. The van der Waals surface area contributed by atoms with Crippen LogP contribution in [0.4, 0.5) is 0 Å². The van der Waals surface area contributed by atoms with Crippen molar-refractivity contribution in [1.29, 1.82) is 0 Å². The number of hydrogen-bond acceptors (Lipinski definition) is 4. The molecule has 2 heterocycles. The van der Waals surface area contributed by atoms with E-state index in [2.05, 4.69) is 39.9 Å². The van der Waals surface area contributed by atoms with E-state index in [4.69, 9.17) is 4.42 Å². The summed E-state index contributed by atoms with van der Waals surface area (Å²) < 4.78 is 7.18. The number of rotatable bonds is 8. The largest absolute Gasteiger partial charge is 0.468 e. The minimum Gasteiger partial charge on any atom is -0.468 e. The topological polar surface area (TPSA) is 55.9 Å². The molecule has 0 aliphatic heterocycles. The van der Waals surface area contributed by atoms with Crippen LogP contribution in [0.15, 0.2) is 59.3 Å². The van der Waals surface area contributed by atoms with Crippen molar-refractivity contribution in [3.8, 4) is 0 Å². The molecule has 5 heteroatoms. The Balaban J connectivity index is 1.39. The van der Waals surface area contributed by atoms with E-state index in [1.165, 1.54) is 5.56 Å². The molecule has 3 aromatic rings. The highest BCUT2D eigenvalue weighted by molar-refractivity contribution is 5.14. The van der Waals surface area contributed by atoms with Gasteiger partial charge in [-0.1, -0.05) is 35.5 Å². The monoisotopic (exact) mass is 296 g/mol. The fraction of sp³-hybridized carbons (Fsp3) is 0.294. The van der Waals surface area contributed by atoms with Gasteiger partial charge in [-0.2, -0.15) is 0 Å². The summed E-state index contributed by atoms with van der Waals surface area (Å²) in [5.74, 6) is 0.926. The molecule has 1 aromatic carbocycles. The van der Waals surface area contributed by atoms with Crippen LogP contribution in [0.25, 0.3) is 0 Å². The Kier molecular flexibility index (Phi) is 5.00. The van der Waals surface area contributed by atoms with E-state index < -0.39 is 0 Å². The summed E-state index contributed by atoms with van der Waals surface area (Å²) in [6.45, 7) is 2.29. The van der Waals surface area contributed by atoms with Gasteiger partial charge in [0.1, 0.15) is 5.76 Å². The first kappa shape index (κ1) is 14.5. The predicted molar refractivity (Wildman–Crippen MR) is 84.0 cm³/mol. The first-order chi connectivity index (χ1) is 10.9. The molecule has 0 saturated heterocycles. The highest BCUT2D eigenvalue weighted by Crippen LogP contribution is 2.04. The van der Waals surface area contributed by atoms with Crippen LogP contribution in [0.2, 0.25) is 0 Å². The van der Waals surface area contributed by atoms with Gasteiger partial charge in [0.15, 0.2) is 0 Å². The summed E-state index contributed by atoms with van der Waals surface area (Å²) in [4.78, 5) is 0. The van der Waals surface area contributed by atoms with Crippen LogP contribution in [0.3, 0.4) is 0 Å². The van der Waals surface area contributed by atoms with Gasteiger partial charge in [0.2, 0.25) is 0 Å². The lowest BCUT2D eigenvalue weighted by Crippen LogP contribution is -2.12. The van der Waals surface area contributed by atoms with E-state index in [9.17, 15) is 0 Å². The number of nitrogens with zero attached hydrogens (tertiary/aromatic N) is 3. The molecule has 0 bridgehead atoms. The maximum absolute atomic E-state index is 5.27. The van der Waals surface area contributed by atoms with Crippen LogP contribution in [-0.4, -0.2) is 15.0 Å². The summed E-state index contributed by atoms with van der Waals surface area (Å²) in [7, 11) is 0. The van der Waals surface area contributed by atoms with Crippen LogP contribution < -0.4 is 5.32 Å². The quantitative estimate of drug-likeness (QED) is 0.694. The summed E-state index contributed by atoms with van der Waals surface area (Å²) in [6.07, 6.45) is 5.81. The van der Waals surface area contributed by atoms with E-state index in [0.717, 1.165) is 30.8 Å². The number of hydrogen-bond donors (Lipinski definition) is 1. The van der Waals surface area contributed by atoms with Crippen LogP contribution >= 0.6 is 0 Å². The summed E-state index contributed by atoms with van der Waals surface area (Å²) >= 11 is 0. The molecule has 0 radical (unpaired) electrons. The van der Waals surface area contributed by atoms with Gasteiger partial charge in [-0.05, 0) is 30.5 Å². The first-order valence-electron chi connectivity index (χ1n) is 7.56. The second-order valence-corrected chi connectivity index (χ2v) is 5.25. The molecule has 114 valence electrons. The number of aromatic nitrogens is 3. The van der Waals surface area contributed by atoms with Gasteiger partial charge in [0.25, 0.3) is 0 Å². The van der Waals surface area contributed by atoms with E-state index in [1.807, 2.05) is 29.1 Å². The summed E-state index contributed by atoms with van der Waals surface area (Å²) in [6, 6.07) is 14.4. The zero-order valence-electron chi connectivity index (χ0n) is 12.5. The van der Waals surface area contributed by atoms with Crippen LogP contribution in [0, 0.1) is 0 Å². The summed E-state index contributed by atoms with van der Waals surface area (Å²) in [5.41, 5.74) is 2.31. The van der Waals surface area contributed by atoms with Gasteiger partial charge in [-0.25, -0.2) is 0 Å². The molecule has 0 spiro atoms. The molecule has 0 unspecified atom stereocenters. The number of furan rings is 1. The molecule has 1 N–H and O–H groups in total. The van der Waals surface area contributed by atoms with Crippen molar-refractivity contribution >= 4 is 0 Å². The van der Waals surface area contributed by atoms with Gasteiger partial charge < -0.3 is 9.73 Å². The van der Waals surface area contributed by atoms with Gasteiger partial charge in [0.05, 0.1) is 18.5 Å². The molecule has 2 aromatic heterocycles. The van der Waals surface area contributed by atoms with Crippen molar-refractivity contribution in [2.75, 3.05) is 0 Å². The molecule has 5 nitrogen and oxygen atoms in total. The smallest absolute Gasteiger partial charge is 0.117 e. The van der Waals surface area contributed by atoms with E-state index in [1.54, 1.807) is 6.26 Å². The van der Waals surface area contributed by atoms with Crippen molar-refractivity contribution in [3.63, 3.8) is 0 Å². The fourth-order valence-corrected chi connectivity index (χ4v) is 2.35. The molecular weight excluding hydrogens is 276 g/mol. The Hall–Kier alpha value is -2.40. The minimum absolute atomic E-state index is 0.694. The lowest BCUT2D eigenvalue weighted by Gasteiger charge is -2.01. The molecular formula is C17H20N4O. The molecule has 0 atom stereocenters. The first-order valence-corrected chi connectivity index (χ1v) is 7.56. The zero-order valence-corrected chi connectivity index (χ0v) is 12.5. The second-order valence-electron chi connectivity index (χ2n) is 5.25. The molecule has 0 aliphatic carbocycles. The maximum Gasteiger partial charge on any atom is 0.117 e. The Morgan fingerprint density at radius 1 is 1.05 bits per heavy atom. The van der Waals surface area contributed by atoms with E-state index >= 15 is 0 Å². The van der Waals surface area contributed by atoms with Gasteiger partial charge in [-0.3, -0.25) is 4.68 Å². The normalized spacial score (nSPS) is 10.9. The molecule has 3 rings (SSSR count). The van der Waals surface area contributed by atoms with Crippen LogP contribution in [0.1, 0.15) is 23.4 Å². The Morgan fingerprint density at radius 3 is 2.77 bits per heavy atom. The van der Waals surface area contributed by atoms with Crippen LogP contribution in [0.5, 0.6) is 0 Å². The average molecular weight is 296 g/mol. The number of aryl methyl sites for hydroxylation is 2. The number of nitrogens with one attached hydrogen (secondary N) is 1. The highest BCUT2D eigenvalue weighted by atomic mass is 16.3. The molecule has 0 fully saturated rings. The Morgan fingerprint density at radius 2 is 1.95 bits per heavy atom. The van der Waals surface area contributed by atoms with Gasteiger partial charge in [0, 0.05) is 19.3 Å². The second kappa shape index (κ2) is 7.56. The minimum atomic E-state index is 0.694. The highest BCUT2D eigenvalue weighted by Gasteiger charge is 2.02. The third kappa shape index (κ3) is 4.30. The van der Waals surface area contributed by atoms with Crippen LogP contribution in [-0.2, 0) is 26.1 Å². The van der Waals surface area contributed by atoms with Crippen molar-refractivity contribution in [2.45, 2.75) is 32.5 Å². The lowest BCUT2D eigenvalue weighted by atomic mass is 10.1. The van der Waals surface area contributed by atoms with E-state index in [-0.39, 0.29) is 0 Å². The van der Waals surface area contributed by atoms with E-state index in [0.29, 0.717) is 13.1 Å². The predicted octanol–water partition coefficient (Wildman–Crippen LogP) is 2.79. The van der Waals surface area contributed by atoms with Crippen molar-refractivity contribution in [1.82, 2.24) is 20.3 Å². The lowest BCUT2D eigenvalue weighted by molar-refractivity contribution is 0.481. The fourth-order valence-electron chi connectivity index (χ4n) is 2.35.